The molecule has 3 N–H and O–H groups in total. The first-order chi connectivity index (χ1) is 6.33. The minimum Gasteiger partial charge on any atom is -0.353 e. The second kappa shape index (κ2) is 5.48. The molecule has 0 fully saturated rings. The average molecular weight is 180 g/mol. The molecule has 1 aromatic heterocycles. The molecule has 0 bridgehead atoms. The molecular weight excluding hydrogens is 164 g/mol. The van der Waals surface area contributed by atoms with Crippen LogP contribution in [0, 0.1) is 0 Å². The van der Waals surface area contributed by atoms with Crippen molar-refractivity contribution in [2.24, 2.45) is 5.73 Å². The van der Waals surface area contributed by atoms with Gasteiger partial charge in [-0.3, -0.25) is 0 Å². The minimum atomic E-state index is 0.189. The van der Waals surface area contributed by atoms with Gasteiger partial charge in [0.2, 0.25) is 5.95 Å². The molecule has 0 aliphatic rings. The second-order valence-corrected chi connectivity index (χ2v) is 3.00. The summed E-state index contributed by atoms with van der Waals surface area (Å²) in [6.45, 7) is 2.86. The summed E-state index contributed by atoms with van der Waals surface area (Å²) < 4.78 is 0. The summed E-state index contributed by atoms with van der Waals surface area (Å²) in [6.07, 6.45) is 5.56. The Morgan fingerprint density at radius 2 is 2.15 bits per heavy atom. The lowest BCUT2D eigenvalue weighted by Gasteiger charge is -2.10. The van der Waals surface area contributed by atoms with E-state index in [1.165, 1.54) is 0 Å². The number of nitrogens with zero attached hydrogens (tertiary/aromatic N) is 2. The van der Waals surface area contributed by atoms with Gasteiger partial charge in [-0.2, -0.15) is 0 Å². The number of hydrogen-bond donors (Lipinski definition) is 2. The van der Waals surface area contributed by atoms with E-state index in [0.29, 0.717) is 5.95 Å². The van der Waals surface area contributed by atoms with Crippen LogP contribution in [0.3, 0.4) is 0 Å². The van der Waals surface area contributed by atoms with Gasteiger partial charge >= 0.3 is 0 Å². The van der Waals surface area contributed by atoms with Crippen molar-refractivity contribution >= 4 is 5.95 Å². The fourth-order valence-electron chi connectivity index (χ4n) is 1.09. The van der Waals surface area contributed by atoms with Crippen molar-refractivity contribution < 1.29 is 0 Å². The first kappa shape index (κ1) is 9.92. The van der Waals surface area contributed by atoms with Crippen LogP contribution in [0.4, 0.5) is 5.95 Å². The summed E-state index contributed by atoms with van der Waals surface area (Å²) in [6, 6.07) is 1.98. The predicted octanol–water partition coefficient (Wildman–Crippen LogP) is 1.02. The molecule has 1 heterocycles. The highest BCUT2D eigenvalue weighted by Crippen LogP contribution is 1.97. The summed E-state index contributed by atoms with van der Waals surface area (Å²) in [4.78, 5) is 8.07. The Kier molecular flexibility index (Phi) is 4.18. The molecule has 0 aliphatic carbocycles. The molecule has 13 heavy (non-hydrogen) atoms. The van der Waals surface area contributed by atoms with Crippen molar-refractivity contribution in [2.45, 2.75) is 25.8 Å². The zero-order valence-corrected chi connectivity index (χ0v) is 7.90. The Morgan fingerprint density at radius 3 is 2.77 bits per heavy atom. The standard InChI is InChI=1S/C9H16N4/c1-2-4-8(10)7-13-9-11-5-3-6-12-9/h3,5-6,8H,2,4,7,10H2,1H3,(H,11,12,13). The SMILES string of the molecule is CCCC(N)CNc1ncccn1. The number of nitrogens with two attached hydrogens (primary N) is 1. The van der Waals surface area contributed by atoms with E-state index in [-0.39, 0.29) is 6.04 Å². The molecular formula is C9H16N4. The zero-order valence-electron chi connectivity index (χ0n) is 7.90. The highest BCUT2D eigenvalue weighted by atomic mass is 15.1. The van der Waals surface area contributed by atoms with Gasteiger partial charge in [-0.25, -0.2) is 9.97 Å². The van der Waals surface area contributed by atoms with E-state index in [2.05, 4.69) is 22.2 Å². The maximum atomic E-state index is 5.81. The van der Waals surface area contributed by atoms with Crippen LogP contribution >= 0.6 is 0 Å². The molecule has 1 aromatic rings. The van der Waals surface area contributed by atoms with Crippen LogP contribution in [0.1, 0.15) is 19.8 Å². The molecule has 0 spiro atoms. The van der Waals surface area contributed by atoms with Crippen LogP contribution in [-0.4, -0.2) is 22.6 Å². The van der Waals surface area contributed by atoms with Gasteiger partial charge in [0.25, 0.3) is 0 Å². The lowest BCUT2D eigenvalue weighted by molar-refractivity contribution is 0.625. The van der Waals surface area contributed by atoms with E-state index < -0.39 is 0 Å². The van der Waals surface area contributed by atoms with Gasteiger partial charge in [0, 0.05) is 25.0 Å². The van der Waals surface area contributed by atoms with E-state index in [1.807, 2.05) is 0 Å². The summed E-state index contributed by atoms with van der Waals surface area (Å²) in [5.41, 5.74) is 5.81. The van der Waals surface area contributed by atoms with Crippen molar-refractivity contribution in [2.75, 3.05) is 11.9 Å². The van der Waals surface area contributed by atoms with Gasteiger partial charge in [0.05, 0.1) is 0 Å². The molecule has 1 rings (SSSR count). The predicted molar refractivity (Wildman–Crippen MR) is 53.4 cm³/mol. The summed E-state index contributed by atoms with van der Waals surface area (Å²) in [5.74, 6) is 0.647. The van der Waals surface area contributed by atoms with Gasteiger partial charge < -0.3 is 11.1 Å². The number of anilines is 1. The molecule has 4 heteroatoms. The number of rotatable bonds is 5. The average Bonchev–Trinajstić information content (AvgIpc) is 2.17. The van der Waals surface area contributed by atoms with Gasteiger partial charge in [-0.1, -0.05) is 13.3 Å². The Labute approximate surface area is 78.6 Å². The van der Waals surface area contributed by atoms with Crippen molar-refractivity contribution in [3.63, 3.8) is 0 Å². The molecule has 0 radical (unpaired) electrons. The highest BCUT2D eigenvalue weighted by Gasteiger charge is 2.00. The monoisotopic (exact) mass is 180 g/mol. The smallest absolute Gasteiger partial charge is 0.222 e. The van der Waals surface area contributed by atoms with Crippen LogP contribution in [-0.2, 0) is 0 Å². The molecule has 1 unspecified atom stereocenters. The van der Waals surface area contributed by atoms with Gasteiger partial charge in [-0.15, -0.1) is 0 Å². The maximum Gasteiger partial charge on any atom is 0.222 e. The van der Waals surface area contributed by atoms with E-state index in [4.69, 9.17) is 5.73 Å². The van der Waals surface area contributed by atoms with E-state index in [9.17, 15) is 0 Å². The molecule has 0 aliphatic heterocycles. The number of nitrogens with one attached hydrogen (secondary N) is 1. The Hall–Kier alpha value is -1.16. The molecule has 0 saturated heterocycles. The van der Waals surface area contributed by atoms with Gasteiger partial charge in [0.15, 0.2) is 0 Å². The van der Waals surface area contributed by atoms with Crippen LogP contribution < -0.4 is 11.1 Å². The Bertz CT molecular complexity index is 224. The lowest BCUT2D eigenvalue weighted by Crippen LogP contribution is -2.29. The third-order valence-electron chi connectivity index (χ3n) is 1.75. The normalized spacial score (nSPS) is 12.5. The third-order valence-corrected chi connectivity index (χ3v) is 1.75. The van der Waals surface area contributed by atoms with Gasteiger partial charge in [0.1, 0.15) is 0 Å². The first-order valence-electron chi connectivity index (χ1n) is 4.59. The molecule has 72 valence electrons. The first-order valence-corrected chi connectivity index (χ1v) is 4.59. The summed E-state index contributed by atoms with van der Waals surface area (Å²) in [5, 5.41) is 3.08. The lowest BCUT2D eigenvalue weighted by atomic mass is 10.2. The minimum absolute atomic E-state index is 0.189. The molecule has 0 amide bonds. The van der Waals surface area contributed by atoms with E-state index in [0.717, 1.165) is 19.4 Å². The maximum absolute atomic E-state index is 5.81. The van der Waals surface area contributed by atoms with E-state index in [1.54, 1.807) is 18.5 Å². The summed E-state index contributed by atoms with van der Waals surface area (Å²) >= 11 is 0. The molecule has 1 atom stereocenters. The fraction of sp³-hybridized carbons (Fsp3) is 0.556. The van der Waals surface area contributed by atoms with E-state index >= 15 is 0 Å². The number of aromatic nitrogens is 2. The highest BCUT2D eigenvalue weighted by molar-refractivity contribution is 5.22. The van der Waals surface area contributed by atoms with Crippen LogP contribution in [0.15, 0.2) is 18.5 Å². The number of hydrogen-bond acceptors (Lipinski definition) is 4. The van der Waals surface area contributed by atoms with Crippen LogP contribution in [0.25, 0.3) is 0 Å². The molecule has 4 nitrogen and oxygen atoms in total. The van der Waals surface area contributed by atoms with Gasteiger partial charge in [-0.05, 0) is 12.5 Å². The van der Waals surface area contributed by atoms with Crippen molar-refractivity contribution in [3.8, 4) is 0 Å². The quantitative estimate of drug-likeness (QED) is 0.710. The van der Waals surface area contributed by atoms with Crippen LogP contribution in [0.5, 0.6) is 0 Å². The van der Waals surface area contributed by atoms with Crippen molar-refractivity contribution in [3.05, 3.63) is 18.5 Å². The Morgan fingerprint density at radius 1 is 1.46 bits per heavy atom. The van der Waals surface area contributed by atoms with Crippen LogP contribution in [0.2, 0.25) is 0 Å². The van der Waals surface area contributed by atoms with Crippen molar-refractivity contribution in [1.29, 1.82) is 0 Å². The largest absolute Gasteiger partial charge is 0.353 e. The summed E-state index contributed by atoms with van der Waals surface area (Å²) in [7, 11) is 0. The second-order valence-electron chi connectivity index (χ2n) is 3.00. The topological polar surface area (TPSA) is 63.8 Å². The zero-order chi connectivity index (χ0) is 9.52. The fourth-order valence-corrected chi connectivity index (χ4v) is 1.09. The molecule has 0 aromatic carbocycles. The molecule has 0 saturated carbocycles. The third kappa shape index (κ3) is 3.85. The van der Waals surface area contributed by atoms with Crippen molar-refractivity contribution in [1.82, 2.24) is 9.97 Å². The Balaban J connectivity index is 2.27.